The van der Waals surface area contributed by atoms with E-state index in [1.54, 1.807) is 31.9 Å². The molecule has 2 N–H and O–H groups in total. The van der Waals surface area contributed by atoms with Gasteiger partial charge in [0.25, 0.3) is 0 Å². The van der Waals surface area contributed by atoms with E-state index < -0.39 is 5.79 Å². The first-order valence-electron chi connectivity index (χ1n) is 7.51. The summed E-state index contributed by atoms with van der Waals surface area (Å²) in [4.78, 5) is 13.1. The molecular weight excluding hydrogens is 290 g/mol. The Bertz CT molecular complexity index is 701. The monoisotopic (exact) mass is 311 g/mol. The number of methoxy groups -OCH3 is 1. The summed E-state index contributed by atoms with van der Waals surface area (Å²) in [5.74, 6) is -0.791. The fourth-order valence-electron chi connectivity index (χ4n) is 2.78. The summed E-state index contributed by atoms with van der Waals surface area (Å²) in [5.41, 5.74) is 2.63. The minimum Gasteiger partial charge on any atom is -0.383 e. The summed E-state index contributed by atoms with van der Waals surface area (Å²) in [6.45, 7) is 4.71. The summed E-state index contributed by atoms with van der Waals surface area (Å²) >= 11 is 0. The van der Waals surface area contributed by atoms with Crippen LogP contribution in [0.2, 0.25) is 0 Å². The summed E-state index contributed by atoms with van der Waals surface area (Å²) in [7, 11) is 1.69. The Hall–Kier alpha value is -2.31. The minimum atomic E-state index is -0.791. The second-order valence-electron chi connectivity index (χ2n) is 6.23. The number of fused-ring (bicyclic) bond motifs is 1. The number of anilines is 1. The molecule has 6 heteroatoms. The molecule has 120 valence electrons. The van der Waals surface area contributed by atoms with Crippen molar-refractivity contribution >= 4 is 11.9 Å². The van der Waals surface area contributed by atoms with Crippen molar-refractivity contribution in [3.05, 3.63) is 54.1 Å². The van der Waals surface area contributed by atoms with E-state index in [1.165, 1.54) is 0 Å². The Labute approximate surface area is 136 Å². The third-order valence-electron chi connectivity index (χ3n) is 3.69. The van der Waals surface area contributed by atoms with Crippen LogP contribution >= 0.6 is 0 Å². The molecule has 0 saturated heterocycles. The first-order valence-corrected chi connectivity index (χ1v) is 7.51. The third-order valence-corrected chi connectivity index (χ3v) is 3.69. The highest BCUT2D eigenvalue weighted by Crippen LogP contribution is 2.32. The van der Waals surface area contributed by atoms with E-state index in [9.17, 15) is 0 Å². The summed E-state index contributed by atoms with van der Waals surface area (Å²) in [5, 5.41) is 7.06. The van der Waals surface area contributed by atoms with Gasteiger partial charge in [0.1, 0.15) is 0 Å². The number of hydrogen-bond acceptors (Lipinski definition) is 6. The number of hydrogen-bond donors (Lipinski definition) is 2. The van der Waals surface area contributed by atoms with Crippen LogP contribution in [-0.4, -0.2) is 35.4 Å². The molecule has 1 aliphatic rings. The molecule has 1 atom stereocenters. The van der Waals surface area contributed by atoms with Crippen LogP contribution in [0.5, 0.6) is 0 Å². The lowest BCUT2D eigenvalue weighted by Crippen LogP contribution is -2.59. The highest BCUT2D eigenvalue weighted by Gasteiger charge is 2.38. The van der Waals surface area contributed by atoms with Gasteiger partial charge < -0.3 is 10.1 Å². The average Bonchev–Trinajstić information content (AvgIpc) is 2.55. The molecule has 0 radical (unpaired) electrons. The van der Waals surface area contributed by atoms with Crippen molar-refractivity contribution < 1.29 is 4.74 Å². The van der Waals surface area contributed by atoms with Gasteiger partial charge in [-0.2, -0.15) is 0 Å². The predicted octanol–water partition coefficient (Wildman–Crippen LogP) is 2.15. The zero-order chi connectivity index (χ0) is 16.3. The minimum absolute atomic E-state index is 0.290. The van der Waals surface area contributed by atoms with E-state index in [1.807, 2.05) is 24.4 Å². The van der Waals surface area contributed by atoms with Crippen molar-refractivity contribution in [1.29, 1.82) is 0 Å². The molecule has 0 bridgehead atoms. The van der Waals surface area contributed by atoms with E-state index >= 15 is 0 Å². The van der Waals surface area contributed by atoms with Gasteiger partial charge >= 0.3 is 0 Å². The zero-order valence-electron chi connectivity index (χ0n) is 13.6. The van der Waals surface area contributed by atoms with E-state index in [0.717, 1.165) is 16.8 Å². The van der Waals surface area contributed by atoms with Gasteiger partial charge in [-0.3, -0.25) is 15.3 Å². The van der Waals surface area contributed by atoms with Crippen molar-refractivity contribution in [3.8, 4) is 0 Å². The smallest absolute Gasteiger partial charge is 0.212 e. The number of rotatable bonds is 5. The third kappa shape index (κ3) is 3.23. The SMILES string of the molecule is COCC(C)(C)NC1(c2ccncc2)N=Cc2ccncc2N1. The number of aromatic nitrogens is 2. The van der Waals surface area contributed by atoms with Crippen LogP contribution in [0.15, 0.2) is 48.0 Å². The van der Waals surface area contributed by atoms with Crippen LogP contribution in [0.4, 0.5) is 5.69 Å². The Balaban J connectivity index is 2.03. The fourth-order valence-corrected chi connectivity index (χ4v) is 2.78. The molecular formula is C17H21N5O. The maximum absolute atomic E-state index is 5.33. The van der Waals surface area contributed by atoms with Crippen molar-refractivity contribution in [2.24, 2.45) is 4.99 Å². The molecule has 2 aromatic rings. The van der Waals surface area contributed by atoms with Crippen molar-refractivity contribution in [3.63, 3.8) is 0 Å². The first kappa shape index (κ1) is 15.6. The molecule has 6 nitrogen and oxygen atoms in total. The van der Waals surface area contributed by atoms with E-state index in [0.29, 0.717) is 6.61 Å². The normalized spacial score (nSPS) is 20.0. The molecule has 0 amide bonds. The number of aliphatic imine (C=N–C) groups is 1. The van der Waals surface area contributed by atoms with E-state index in [2.05, 4.69) is 34.4 Å². The lowest BCUT2D eigenvalue weighted by atomic mass is 10.00. The fraction of sp³-hybridized carbons (Fsp3) is 0.353. The second-order valence-corrected chi connectivity index (χ2v) is 6.23. The van der Waals surface area contributed by atoms with Crippen molar-refractivity contribution in [2.45, 2.75) is 25.2 Å². The van der Waals surface area contributed by atoms with Crippen LogP contribution in [0, 0.1) is 0 Å². The van der Waals surface area contributed by atoms with E-state index in [-0.39, 0.29) is 5.54 Å². The lowest BCUT2D eigenvalue weighted by molar-refractivity contribution is 0.107. The number of nitrogens with zero attached hydrogens (tertiary/aromatic N) is 3. The molecule has 23 heavy (non-hydrogen) atoms. The Morgan fingerprint density at radius 1 is 1.17 bits per heavy atom. The summed E-state index contributed by atoms with van der Waals surface area (Å²) in [6, 6.07) is 5.83. The molecule has 0 fully saturated rings. The van der Waals surface area contributed by atoms with Crippen molar-refractivity contribution in [1.82, 2.24) is 15.3 Å². The number of ether oxygens (including phenoxy) is 1. The van der Waals surface area contributed by atoms with Crippen LogP contribution in [0.3, 0.4) is 0 Å². The zero-order valence-corrected chi connectivity index (χ0v) is 13.6. The van der Waals surface area contributed by atoms with Gasteiger partial charge in [0.15, 0.2) is 0 Å². The molecule has 0 spiro atoms. The summed E-state index contributed by atoms with van der Waals surface area (Å²) < 4.78 is 5.33. The van der Waals surface area contributed by atoms with Gasteiger partial charge in [-0.25, -0.2) is 4.99 Å². The van der Waals surface area contributed by atoms with Crippen LogP contribution < -0.4 is 10.6 Å². The van der Waals surface area contributed by atoms with Gasteiger partial charge in [0.2, 0.25) is 5.79 Å². The Kier molecular flexibility index (Phi) is 4.11. The quantitative estimate of drug-likeness (QED) is 0.885. The van der Waals surface area contributed by atoms with Crippen LogP contribution in [0.1, 0.15) is 25.0 Å². The highest BCUT2D eigenvalue weighted by atomic mass is 16.5. The first-order chi connectivity index (χ1) is 11.0. The molecule has 1 unspecified atom stereocenters. The van der Waals surface area contributed by atoms with Gasteiger partial charge in [-0.15, -0.1) is 0 Å². The number of pyridine rings is 2. The average molecular weight is 311 g/mol. The molecule has 3 heterocycles. The molecule has 1 aliphatic heterocycles. The standard InChI is InChI=1S/C17H21N5O/c1-16(2,12-23-3)22-17(14-5-8-18-9-6-14)20-10-13-4-7-19-11-15(13)21-17/h4-11,21-22H,12H2,1-3H3. The number of nitrogens with one attached hydrogen (secondary N) is 2. The molecule has 0 saturated carbocycles. The summed E-state index contributed by atoms with van der Waals surface area (Å²) in [6.07, 6.45) is 8.95. The molecule has 0 aromatic carbocycles. The van der Waals surface area contributed by atoms with E-state index in [4.69, 9.17) is 9.73 Å². The highest BCUT2D eigenvalue weighted by molar-refractivity contribution is 5.89. The topological polar surface area (TPSA) is 71.4 Å². The van der Waals surface area contributed by atoms with Gasteiger partial charge in [-0.05, 0) is 32.0 Å². The largest absolute Gasteiger partial charge is 0.383 e. The lowest BCUT2D eigenvalue weighted by Gasteiger charge is -2.42. The van der Waals surface area contributed by atoms with Crippen molar-refractivity contribution in [2.75, 3.05) is 19.0 Å². The molecule has 2 aromatic heterocycles. The molecule has 3 rings (SSSR count). The maximum Gasteiger partial charge on any atom is 0.212 e. The van der Waals surface area contributed by atoms with Crippen LogP contribution in [0.25, 0.3) is 0 Å². The predicted molar refractivity (Wildman–Crippen MR) is 90.5 cm³/mol. The Morgan fingerprint density at radius 2 is 1.91 bits per heavy atom. The van der Waals surface area contributed by atoms with Gasteiger partial charge in [-0.1, -0.05) is 0 Å². The van der Waals surface area contributed by atoms with Gasteiger partial charge in [0, 0.05) is 48.6 Å². The maximum atomic E-state index is 5.33. The molecule has 0 aliphatic carbocycles. The van der Waals surface area contributed by atoms with Gasteiger partial charge in [0.05, 0.1) is 18.5 Å². The second kappa shape index (κ2) is 6.06. The van der Waals surface area contributed by atoms with Crippen LogP contribution in [-0.2, 0) is 10.5 Å². The Morgan fingerprint density at radius 3 is 2.65 bits per heavy atom.